The van der Waals surface area contributed by atoms with Gasteiger partial charge in [0, 0.05) is 12.1 Å². The van der Waals surface area contributed by atoms with Gasteiger partial charge in [0.25, 0.3) is 5.69 Å². The lowest BCUT2D eigenvalue weighted by Crippen LogP contribution is -2.06. The first-order valence-electron chi connectivity index (χ1n) is 6.74. The molecular weight excluding hydrogens is 341 g/mol. The molecule has 0 amide bonds. The Morgan fingerprint density at radius 2 is 1.88 bits per heavy atom. The number of fused-ring (bicyclic) bond motifs is 1. The first kappa shape index (κ1) is 16.1. The Hall–Kier alpha value is -2.74. The molecule has 0 aliphatic heterocycles. The summed E-state index contributed by atoms with van der Waals surface area (Å²) in [6.45, 7) is 0. The highest BCUT2D eigenvalue weighted by Gasteiger charge is 2.32. The van der Waals surface area contributed by atoms with Crippen LogP contribution in [-0.2, 0) is 6.18 Å². The molecule has 122 valence electrons. The number of benzene rings is 2. The Bertz CT molecular complexity index is 948. The summed E-state index contributed by atoms with van der Waals surface area (Å²) in [6, 6.07) is 9.53. The van der Waals surface area contributed by atoms with Crippen LogP contribution in [0.2, 0.25) is 0 Å². The van der Waals surface area contributed by atoms with Gasteiger partial charge in [0.2, 0.25) is 0 Å². The van der Waals surface area contributed by atoms with E-state index < -0.39 is 16.7 Å². The highest BCUT2D eigenvalue weighted by Crippen LogP contribution is 2.33. The summed E-state index contributed by atoms with van der Waals surface area (Å²) in [5.74, 6) is 0. The van der Waals surface area contributed by atoms with E-state index in [9.17, 15) is 23.3 Å². The second-order valence-corrected chi connectivity index (χ2v) is 5.94. The molecule has 4 nitrogen and oxygen atoms in total. The maximum Gasteiger partial charge on any atom is 0.416 e. The Balaban J connectivity index is 1.96. The Morgan fingerprint density at radius 3 is 2.58 bits per heavy atom. The Kier molecular flexibility index (Phi) is 4.06. The van der Waals surface area contributed by atoms with E-state index in [2.05, 4.69) is 4.98 Å². The summed E-state index contributed by atoms with van der Waals surface area (Å²) in [6.07, 6.45) is -1.62. The molecule has 0 atom stereocenters. The Labute approximate surface area is 138 Å². The van der Waals surface area contributed by atoms with Crippen LogP contribution in [0.4, 0.5) is 18.9 Å². The molecule has 0 N–H and O–H groups in total. The monoisotopic (exact) mass is 350 g/mol. The van der Waals surface area contributed by atoms with Gasteiger partial charge in [-0.2, -0.15) is 13.2 Å². The van der Waals surface area contributed by atoms with Crippen molar-refractivity contribution in [2.75, 3.05) is 0 Å². The van der Waals surface area contributed by atoms with Crippen molar-refractivity contribution >= 4 is 39.4 Å². The van der Waals surface area contributed by atoms with E-state index in [-0.39, 0.29) is 11.3 Å². The van der Waals surface area contributed by atoms with E-state index in [1.807, 2.05) is 0 Å². The van der Waals surface area contributed by atoms with Gasteiger partial charge in [-0.1, -0.05) is 24.3 Å². The molecule has 0 fully saturated rings. The molecule has 0 radical (unpaired) electrons. The van der Waals surface area contributed by atoms with Gasteiger partial charge in [-0.25, -0.2) is 4.98 Å². The zero-order valence-electron chi connectivity index (χ0n) is 11.9. The summed E-state index contributed by atoms with van der Waals surface area (Å²) < 4.78 is 39.6. The summed E-state index contributed by atoms with van der Waals surface area (Å²) in [5.41, 5.74) is -0.322. The number of aromatic nitrogens is 1. The van der Waals surface area contributed by atoms with Crippen LogP contribution in [0.5, 0.6) is 0 Å². The molecule has 24 heavy (non-hydrogen) atoms. The lowest BCUT2D eigenvalue weighted by molar-refractivity contribution is -0.384. The molecule has 0 aliphatic rings. The number of halogens is 3. The molecule has 3 aromatic rings. The minimum Gasteiger partial charge on any atom is -0.258 e. The van der Waals surface area contributed by atoms with Crippen LogP contribution in [0.15, 0.2) is 42.5 Å². The van der Waals surface area contributed by atoms with Gasteiger partial charge in [-0.3, -0.25) is 10.1 Å². The first-order valence-corrected chi connectivity index (χ1v) is 7.55. The SMILES string of the molecule is O=[N+]([O-])c1ccc2sc(C=Cc3ccccc3C(F)(F)F)nc2c1. The van der Waals surface area contributed by atoms with Crippen molar-refractivity contribution in [3.63, 3.8) is 0 Å². The normalized spacial score (nSPS) is 12.1. The Morgan fingerprint density at radius 1 is 1.12 bits per heavy atom. The number of hydrogen-bond acceptors (Lipinski definition) is 4. The molecule has 2 aromatic carbocycles. The lowest BCUT2D eigenvalue weighted by atomic mass is 10.1. The van der Waals surface area contributed by atoms with Gasteiger partial charge in [0.15, 0.2) is 0 Å². The smallest absolute Gasteiger partial charge is 0.258 e. The number of nitrogens with zero attached hydrogens (tertiary/aromatic N) is 2. The number of alkyl halides is 3. The molecule has 1 aromatic heterocycles. The largest absolute Gasteiger partial charge is 0.416 e. The van der Waals surface area contributed by atoms with Crippen molar-refractivity contribution in [3.8, 4) is 0 Å². The van der Waals surface area contributed by atoms with Crippen molar-refractivity contribution in [1.82, 2.24) is 4.98 Å². The lowest BCUT2D eigenvalue weighted by Gasteiger charge is -2.09. The highest BCUT2D eigenvalue weighted by molar-refractivity contribution is 7.19. The molecule has 0 bridgehead atoms. The fourth-order valence-electron chi connectivity index (χ4n) is 2.18. The standard InChI is InChI=1S/C16H9F3N2O2S/c17-16(18,19)12-4-2-1-3-10(12)5-8-15-20-13-9-11(21(22)23)6-7-14(13)24-15/h1-9H. The van der Waals surface area contributed by atoms with E-state index in [0.29, 0.717) is 10.5 Å². The van der Waals surface area contributed by atoms with E-state index in [1.54, 1.807) is 6.07 Å². The molecule has 3 rings (SSSR count). The van der Waals surface area contributed by atoms with Gasteiger partial charge in [-0.05, 0) is 23.8 Å². The highest BCUT2D eigenvalue weighted by atomic mass is 32.1. The third kappa shape index (κ3) is 3.28. The van der Waals surface area contributed by atoms with E-state index in [4.69, 9.17) is 0 Å². The number of non-ortho nitro benzene ring substituents is 1. The minimum absolute atomic E-state index is 0.0373. The third-order valence-electron chi connectivity index (χ3n) is 3.27. The van der Waals surface area contributed by atoms with Crippen molar-refractivity contribution in [3.05, 3.63) is 68.7 Å². The van der Waals surface area contributed by atoms with Crippen LogP contribution in [0.1, 0.15) is 16.1 Å². The predicted molar refractivity (Wildman–Crippen MR) is 86.6 cm³/mol. The second kappa shape index (κ2) is 6.04. The molecule has 0 unspecified atom stereocenters. The van der Waals surface area contributed by atoms with Gasteiger partial charge in [0.1, 0.15) is 5.01 Å². The van der Waals surface area contributed by atoms with Crippen LogP contribution in [0, 0.1) is 10.1 Å². The minimum atomic E-state index is -4.44. The fourth-order valence-corrected chi connectivity index (χ4v) is 3.03. The van der Waals surface area contributed by atoms with Gasteiger partial charge < -0.3 is 0 Å². The summed E-state index contributed by atoms with van der Waals surface area (Å²) in [4.78, 5) is 14.4. The van der Waals surface area contributed by atoms with E-state index >= 15 is 0 Å². The molecule has 0 spiro atoms. The molecular formula is C16H9F3N2O2S. The molecule has 8 heteroatoms. The number of nitro benzene ring substituents is 1. The number of rotatable bonds is 3. The van der Waals surface area contributed by atoms with Crippen molar-refractivity contribution in [1.29, 1.82) is 0 Å². The molecule has 0 saturated heterocycles. The number of hydrogen-bond donors (Lipinski definition) is 0. The van der Waals surface area contributed by atoms with Crippen molar-refractivity contribution in [2.45, 2.75) is 6.18 Å². The molecule has 0 aliphatic carbocycles. The summed E-state index contributed by atoms with van der Waals surface area (Å²) in [7, 11) is 0. The zero-order valence-corrected chi connectivity index (χ0v) is 12.8. The first-order chi connectivity index (χ1) is 11.3. The van der Waals surface area contributed by atoms with Crippen LogP contribution in [0.3, 0.4) is 0 Å². The number of thiazole rings is 1. The van der Waals surface area contributed by atoms with Gasteiger partial charge in [0.05, 0.1) is 20.7 Å². The fraction of sp³-hybridized carbons (Fsp3) is 0.0625. The van der Waals surface area contributed by atoms with Crippen LogP contribution < -0.4 is 0 Å². The van der Waals surface area contributed by atoms with Crippen LogP contribution in [-0.4, -0.2) is 9.91 Å². The third-order valence-corrected chi connectivity index (χ3v) is 4.27. The average Bonchev–Trinajstić information content (AvgIpc) is 2.94. The number of nitro groups is 1. The van der Waals surface area contributed by atoms with Crippen molar-refractivity contribution < 1.29 is 18.1 Å². The second-order valence-electron chi connectivity index (χ2n) is 4.88. The maximum absolute atomic E-state index is 13.0. The van der Waals surface area contributed by atoms with Gasteiger partial charge in [-0.15, -0.1) is 11.3 Å². The summed E-state index contributed by atoms with van der Waals surface area (Å²) >= 11 is 1.25. The average molecular weight is 350 g/mol. The van der Waals surface area contributed by atoms with E-state index in [0.717, 1.165) is 10.8 Å². The quantitative estimate of drug-likeness (QED) is 0.470. The maximum atomic E-state index is 13.0. The van der Waals surface area contributed by atoms with Crippen LogP contribution >= 0.6 is 11.3 Å². The molecule has 0 saturated carbocycles. The van der Waals surface area contributed by atoms with E-state index in [1.165, 1.54) is 53.8 Å². The topological polar surface area (TPSA) is 56.0 Å². The zero-order chi connectivity index (χ0) is 17.3. The van der Waals surface area contributed by atoms with Crippen molar-refractivity contribution in [2.24, 2.45) is 0 Å². The van der Waals surface area contributed by atoms with Crippen LogP contribution in [0.25, 0.3) is 22.4 Å². The molecule has 1 heterocycles. The van der Waals surface area contributed by atoms with Gasteiger partial charge >= 0.3 is 6.18 Å². The summed E-state index contributed by atoms with van der Waals surface area (Å²) in [5, 5.41) is 11.2. The predicted octanol–water partition coefficient (Wildman–Crippen LogP) is 5.39.